The lowest BCUT2D eigenvalue weighted by Gasteiger charge is -2.18. The summed E-state index contributed by atoms with van der Waals surface area (Å²) in [4.78, 5) is 13.1. The van der Waals surface area contributed by atoms with Crippen LogP contribution >= 0.6 is 11.8 Å². The molecule has 26 heavy (non-hydrogen) atoms. The van der Waals surface area contributed by atoms with E-state index in [0.29, 0.717) is 30.8 Å². The van der Waals surface area contributed by atoms with Crippen molar-refractivity contribution in [1.82, 2.24) is 4.31 Å². The van der Waals surface area contributed by atoms with Gasteiger partial charge in [-0.2, -0.15) is 0 Å². The average molecular weight is 395 g/mol. The van der Waals surface area contributed by atoms with E-state index in [1.54, 1.807) is 43.3 Å². The number of sulfonamides is 1. The van der Waals surface area contributed by atoms with Crippen LogP contribution in [0.25, 0.3) is 0 Å². The fourth-order valence-corrected chi connectivity index (χ4v) is 4.92. The third-order valence-corrected chi connectivity index (χ3v) is 7.52. The van der Waals surface area contributed by atoms with E-state index in [2.05, 4.69) is 5.32 Å². The highest BCUT2D eigenvalue weighted by atomic mass is 32.2. The summed E-state index contributed by atoms with van der Waals surface area (Å²) in [6, 6.07) is 8.62. The molecule has 2 heterocycles. The number of nitrogens with zero attached hydrogens (tertiary/aromatic N) is 1. The molecule has 1 aliphatic heterocycles. The van der Waals surface area contributed by atoms with Crippen LogP contribution in [0.2, 0.25) is 0 Å². The number of aryl methyl sites for hydroxylation is 1. The van der Waals surface area contributed by atoms with Crippen molar-refractivity contribution in [2.45, 2.75) is 29.6 Å². The Morgan fingerprint density at radius 2 is 2.15 bits per heavy atom. The molecular formula is C18H22N2O4S2. The van der Waals surface area contributed by atoms with E-state index in [1.165, 1.54) is 4.31 Å². The summed E-state index contributed by atoms with van der Waals surface area (Å²) in [5.74, 6) is 1.32. The van der Waals surface area contributed by atoms with Crippen LogP contribution in [0.5, 0.6) is 0 Å². The minimum absolute atomic E-state index is 0.0856. The van der Waals surface area contributed by atoms with Crippen molar-refractivity contribution >= 4 is 33.4 Å². The summed E-state index contributed by atoms with van der Waals surface area (Å²) in [7, 11) is -2.05. The van der Waals surface area contributed by atoms with Gasteiger partial charge >= 0.3 is 0 Å². The predicted molar refractivity (Wildman–Crippen MR) is 102 cm³/mol. The Kier molecular flexibility index (Phi) is 5.74. The van der Waals surface area contributed by atoms with Gasteiger partial charge < -0.3 is 9.73 Å². The summed E-state index contributed by atoms with van der Waals surface area (Å²) in [6.07, 6.45) is 2.96. The smallest absolute Gasteiger partial charge is 0.242 e. The van der Waals surface area contributed by atoms with Crippen LogP contribution in [-0.4, -0.2) is 38.0 Å². The Morgan fingerprint density at radius 1 is 1.35 bits per heavy atom. The molecule has 0 unspecified atom stereocenters. The maximum absolute atomic E-state index is 12.8. The minimum Gasteiger partial charge on any atom is -0.469 e. The first-order valence-corrected chi connectivity index (χ1v) is 10.9. The van der Waals surface area contributed by atoms with Crippen LogP contribution in [0.1, 0.15) is 19.1 Å². The third kappa shape index (κ3) is 4.13. The van der Waals surface area contributed by atoms with Gasteiger partial charge in [-0.05, 0) is 36.8 Å². The molecule has 0 saturated heterocycles. The first-order valence-electron chi connectivity index (χ1n) is 8.44. The van der Waals surface area contributed by atoms with Crippen molar-refractivity contribution in [3.63, 3.8) is 0 Å². The van der Waals surface area contributed by atoms with Crippen LogP contribution in [0.3, 0.4) is 0 Å². The number of amides is 1. The second-order valence-corrected chi connectivity index (χ2v) is 9.48. The minimum atomic E-state index is -3.61. The molecule has 1 aliphatic rings. The highest BCUT2D eigenvalue weighted by molar-refractivity contribution is 7.99. The molecule has 0 radical (unpaired) electrons. The Bertz CT molecular complexity index is 879. The Labute approximate surface area is 158 Å². The molecule has 1 N–H and O–H groups in total. The van der Waals surface area contributed by atoms with Gasteiger partial charge in [0, 0.05) is 36.6 Å². The molecule has 1 aromatic carbocycles. The van der Waals surface area contributed by atoms with Gasteiger partial charge in [0.1, 0.15) is 5.76 Å². The van der Waals surface area contributed by atoms with Crippen molar-refractivity contribution in [3.8, 4) is 0 Å². The van der Waals surface area contributed by atoms with Crippen molar-refractivity contribution in [1.29, 1.82) is 0 Å². The fourth-order valence-electron chi connectivity index (χ4n) is 2.67. The van der Waals surface area contributed by atoms with Crippen LogP contribution in [0.15, 0.2) is 50.8 Å². The maximum Gasteiger partial charge on any atom is 0.242 e. The van der Waals surface area contributed by atoms with Gasteiger partial charge in [0.2, 0.25) is 15.9 Å². The van der Waals surface area contributed by atoms with E-state index in [9.17, 15) is 13.2 Å². The number of hydrogen-bond acceptors (Lipinski definition) is 5. The normalized spacial score (nSPS) is 17.7. The lowest BCUT2D eigenvalue weighted by Crippen LogP contribution is -2.28. The van der Waals surface area contributed by atoms with Crippen LogP contribution in [0.4, 0.5) is 5.69 Å². The molecule has 0 bridgehead atoms. The summed E-state index contributed by atoms with van der Waals surface area (Å²) >= 11 is 1.56. The van der Waals surface area contributed by atoms with Crippen LogP contribution in [-0.2, 0) is 21.2 Å². The molecule has 0 spiro atoms. The van der Waals surface area contributed by atoms with Crippen molar-refractivity contribution in [2.24, 2.45) is 5.92 Å². The van der Waals surface area contributed by atoms with Gasteiger partial charge in [-0.15, -0.1) is 11.8 Å². The van der Waals surface area contributed by atoms with Gasteiger partial charge in [0.25, 0.3) is 0 Å². The van der Waals surface area contributed by atoms with Crippen molar-refractivity contribution in [3.05, 3.63) is 42.4 Å². The Hall–Kier alpha value is -1.77. The van der Waals surface area contributed by atoms with E-state index in [1.807, 2.05) is 19.1 Å². The zero-order chi connectivity index (χ0) is 18.7. The number of furan rings is 1. The topological polar surface area (TPSA) is 79.6 Å². The number of benzene rings is 1. The van der Waals surface area contributed by atoms with Gasteiger partial charge in [0.05, 0.1) is 16.8 Å². The molecular weight excluding hydrogens is 372 g/mol. The van der Waals surface area contributed by atoms with Crippen LogP contribution < -0.4 is 5.32 Å². The van der Waals surface area contributed by atoms with Gasteiger partial charge in [-0.3, -0.25) is 4.79 Å². The molecule has 0 aliphatic carbocycles. The van der Waals surface area contributed by atoms with E-state index in [-0.39, 0.29) is 16.7 Å². The Morgan fingerprint density at radius 3 is 2.88 bits per heavy atom. The number of nitrogens with one attached hydrogen (secondary N) is 1. The predicted octanol–water partition coefficient (Wildman–Crippen LogP) is 3.21. The quantitative estimate of drug-likeness (QED) is 0.814. The molecule has 1 atom stereocenters. The molecule has 140 valence electrons. The number of hydrogen-bond donors (Lipinski definition) is 1. The van der Waals surface area contributed by atoms with Gasteiger partial charge in [-0.1, -0.05) is 6.92 Å². The van der Waals surface area contributed by atoms with E-state index < -0.39 is 10.0 Å². The molecule has 3 rings (SSSR count). The van der Waals surface area contributed by atoms with E-state index in [0.717, 1.165) is 10.7 Å². The zero-order valence-electron chi connectivity index (χ0n) is 14.8. The zero-order valence-corrected chi connectivity index (χ0v) is 16.4. The first kappa shape index (κ1) is 19.0. The number of anilines is 1. The maximum atomic E-state index is 12.8. The Balaban J connectivity index is 1.72. The van der Waals surface area contributed by atoms with E-state index >= 15 is 0 Å². The number of rotatable bonds is 6. The fraction of sp³-hybridized carbons (Fsp3) is 0.389. The second-order valence-electron chi connectivity index (χ2n) is 6.37. The second kappa shape index (κ2) is 7.85. The number of thioether (sulfide) groups is 1. The largest absolute Gasteiger partial charge is 0.469 e. The summed E-state index contributed by atoms with van der Waals surface area (Å²) < 4.78 is 32.3. The molecule has 0 saturated carbocycles. The van der Waals surface area contributed by atoms with Crippen LogP contribution in [0, 0.1) is 5.92 Å². The van der Waals surface area contributed by atoms with Crippen molar-refractivity contribution < 1.29 is 17.6 Å². The monoisotopic (exact) mass is 394 g/mol. The standard InChI is InChI=1S/C18H22N2O4S2/c1-13-12-25-17-8-7-15(11-16(17)19-18(13)21)26(22,23)20(2)9-3-5-14-6-4-10-24-14/h4,6-8,10-11,13H,3,5,9,12H2,1-2H3,(H,19,21)/t13-/m0/s1. The number of carbonyl (C=O) groups is 1. The molecule has 0 fully saturated rings. The van der Waals surface area contributed by atoms with E-state index in [4.69, 9.17) is 4.42 Å². The summed E-state index contributed by atoms with van der Waals surface area (Å²) in [5, 5.41) is 2.83. The number of carbonyl (C=O) groups excluding carboxylic acids is 1. The lowest BCUT2D eigenvalue weighted by molar-refractivity contribution is -0.118. The highest BCUT2D eigenvalue weighted by Crippen LogP contribution is 2.34. The average Bonchev–Trinajstić information content (AvgIpc) is 3.08. The third-order valence-electron chi connectivity index (χ3n) is 4.33. The summed E-state index contributed by atoms with van der Waals surface area (Å²) in [5.41, 5.74) is 0.564. The molecule has 6 nitrogen and oxygen atoms in total. The molecule has 2 aromatic rings. The lowest BCUT2D eigenvalue weighted by atomic mass is 10.2. The molecule has 1 aromatic heterocycles. The van der Waals surface area contributed by atoms with Gasteiger partial charge in [-0.25, -0.2) is 12.7 Å². The number of fused-ring (bicyclic) bond motifs is 1. The molecule has 8 heteroatoms. The van der Waals surface area contributed by atoms with Gasteiger partial charge in [0.15, 0.2) is 0 Å². The first-order chi connectivity index (χ1) is 12.4. The summed E-state index contributed by atoms with van der Waals surface area (Å²) in [6.45, 7) is 2.25. The van der Waals surface area contributed by atoms with Crippen molar-refractivity contribution in [2.75, 3.05) is 24.7 Å². The SMILES string of the molecule is C[C@H]1CSc2ccc(S(=O)(=O)N(C)CCCc3ccco3)cc2NC1=O. The highest BCUT2D eigenvalue weighted by Gasteiger charge is 2.25. The molecule has 1 amide bonds.